The van der Waals surface area contributed by atoms with Gasteiger partial charge in [0.2, 0.25) is 0 Å². The van der Waals surface area contributed by atoms with Crippen molar-refractivity contribution < 1.29 is 13.9 Å². The van der Waals surface area contributed by atoms with Crippen LogP contribution in [0.2, 0.25) is 0 Å². The third-order valence-corrected chi connectivity index (χ3v) is 1.80. The van der Waals surface area contributed by atoms with Gasteiger partial charge < -0.3 is 4.74 Å². The van der Waals surface area contributed by atoms with Crippen molar-refractivity contribution in [3.05, 3.63) is 29.1 Å². The maximum Gasteiger partial charge on any atom is 0.177 e. The number of carbonyl (C=O) groups is 1. The number of hydrogen-bond donors (Lipinski definition) is 0. The monoisotopic (exact) mass is 193 g/mol. The molecule has 0 bridgehead atoms. The van der Waals surface area contributed by atoms with Crippen molar-refractivity contribution in [2.24, 2.45) is 0 Å². The lowest BCUT2D eigenvalue weighted by molar-refractivity contribution is 0.101. The van der Waals surface area contributed by atoms with Crippen molar-refractivity contribution in [3.63, 3.8) is 0 Å². The summed E-state index contributed by atoms with van der Waals surface area (Å²) in [5.41, 5.74) is -0.192. The second-order valence-electron chi connectivity index (χ2n) is 2.67. The van der Waals surface area contributed by atoms with Crippen molar-refractivity contribution >= 4 is 5.78 Å². The predicted octanol–water partition coefficient (Wildman–Crippen LogP) is 1.91. The van der Waals surface area contributed by atoms with Crippen LogP contribution in [-0.2, 0) is 0 Å². The number of methoxy groups -OCH3 is 1. The number of ether oxygens (including phenoxy) is 1. The Morgan fingerprint density at radius 3 is 2.64 bits per heavy atom. The van der Waals surface area contributed by atoms with Gasteiger partial charge in [0.05, 0.1) is 24.3 Å². The van der Waals surface area contributed by atoms with E-state index in [1.54, 1.807) is 6.07 Å². The molecule has 0 amide bonds. The number of ketones is 1. The number of rotatable bonds is 2. The lowest BCUT2D eigenvalue weighted by Crippen LogP contribution is -2.03. The Labute approximate surface area is 80.7 Å². The fraction of sp³-hybridized carbons (Fsp3) is 0.200. The van der Waals surface area contributed by atoms with Crippen LogP contribution in [0.1, 0.15) is 22.8 Å². The molecule has 0 radical (unpaired) electrons. The summed E-state index contributed by atoms with van der Waals surface area (Å²) in [7, 11) is 1.30. The minimum absolute atomic E-state index is 0.0239. The summed E-state index contributed by atoms with van der Waals surface area (Å²) in [6.45, 7) is 1.21. The molecule has 0 aromatic heterocycles. The molecule has 0 aliphatic carbocycles. The van der Waals surface area contributed by atoms with E-state index in [1.165, 1.54) is 26.2 Å². The molecule has 14 heavy (non-hydrogen) atoms. The maximum atomic E-state index is 13.5. The Balaban J connectivity index is 3.49. The summed E-state index contributed by atoms with van der Waals surface area (Å²) in [6.07, 6.45) is 0. The molecule has 4 heteroatoms. The van der Waals surface area contributed by atoms with Gasteiger partial charge in [0.25, 0.3) is 0 Å². The summed E-state index contributed by atoms with van der Waals surface area (Å²) in [4.78, 5) is 11.1. The SMILES string of the molecule is COc1ccc(C#N)c(C(C)=O)c1F. The van der Waals surface area contributed by atoms with Crippen LogP contribution < -0.4 is 4.74 Å². The van der Waals surface area contributed by atoms with E-state index in [-0.39, 0.29) is 16.9 Å². The molecule has 0 saturated carbocycles. The van der Waals surface area contributed by atoms with Crippen LogP contribution in [0.15, 0.2) is 12.1 Å². The van der Waals surface area contributed by atoms with E-state index >= 15 is 0 Å². The number of carbonyl (C=O) groups excluding carboxylic acids is 1. The van der Waals surface area contributed by atoms with E-state index in [0.29, 0.717) is 0 Å². The highest BCUT2D eigenvalue weighted by molar-refractivity contribution is 5.97. The van der Waals surface area contributed by atoms with Crippen LogP contribution in [0.4, 0.5) is 4.39 Å². The van der Waals surface area contributed by atoms with Crippen LogP contribution >= 0.6 is 0 Å². The summed E-state index contributed by atoms with van der Waals surface area (Å²) in [5.74, 6) is -1.30. The van der Waals surface area contributed by atoms with Crippen molar-refractivity contribution in [2.75, 3.05) is 7.11 Å². The number of benzene rings is 1. The molecule has 0 N–H and O–H groups in total. The minimum atomic E-state index is -0.779. The highest BCUT2D eigenvalue weighted by Gasteiger charge is 2.17. The Morgan fingerprint density at radius 2 is 2.21 bits per heavy atom. The van der Waals surface area contributed by atoms with E-state index in [9.17, 15) is 9.18 Å². The molecule has 0 heterocycles. The Bertz CT molecular complexity index is 421. The van der Waals surface area contributed by atoms with E-state index in [4.69, 9.17) is 10.00 Å². The molecule has 0 fully saturated rings. The Morgan fingerprint density at radius 1 is 1.57 bits per heavy atom. The molecule has 0 unspecified atom stereocenters. The highest BCUT2D eigenvalue weighted by atomic mass is 19.1. The quantitative estimate of drug-likeness (QED) is 0.674. The molecule has 0 aliphatic rings. The average Bonchev–Trinajstić information content (AvgIpc) is 2.16. The standard InChI is InChI=1S/C10H8FNO2/c1-6(13)9-7(5-12)3-4-8(14-2)10(9)11/h3-4H,1-2H3. The zero-order valence-corrected chi connectivity index (χ0v) is 7.80. The zero-order valence-electron chi connectivity index (χ0n) is 7.80. The van der Waals surface area contributed by atoms with Gasteiger partial charge in [0.1, 0.15) is 0 Å². The summed E-state index contributed by atoms with van der Waals surface area (Å²) in [6, 6.07) is 4.43. The Kier molecular flexibility index (Phi) is 2.82. The van der Waals surface area contributed by atoms with Crippen LogP contribution in [0.5, 0.6) is 5.75 Å². The highest BCUT2D eigenvalue weighted by Crippen LogP contribution is 2.23. The first-order valence-electron chi connectivity index (χ1n) is 3.89. The molecule has 1 aromatic rings. The van der Waals surface area contributed by atoms with E-state index < -0.39 is 11.6 Å². The van der Waals surface area contributed by atoms with Crippen LogP contribution in [-0.4, -0.2) is 12.9 Å². The molecule has 3 nitrogen and oxygen atoms in total. The fourth-order valence-electron chi connectivity index (χ4n) is 1.15. The molecule has 0 spiro atoms. The second kappa shape index (κ2) is 3.88. The first-order valence-corrected chi connectivity index (χ1v) is 3.89. The van der Waals surface area contributed by atoms with Gasteiger partial charge in [-0.1, -0.05) is 0 Å². The maximum absolute atomic E-state index is 13.5. The van der Waals surface area contributed by atoms with Crippen LogP contribution in [0, 0.1) is 17.1 Å². The summed E-state index contributed by atoms with van der Waals surface area (Å²) < 4.78 is 18.2. The summed E-state index contributed by atoms with van der Waals surface area (Å²) >= 11 is 0. The largest absolute Gasteiger partial charge is 0.494 e. The smallest absolute Gasteiger partial charge is 0.177 e. The van der Waals surface area contributed by atoms with Crippen LogP contribution in [0.25, 0.3) is 0 Å². The van der Waals surface area contributed by atoms with Crippen molar-refractivity contribution in [2.45, 2.75) is 6.92 Å². The molecule has 1 aromatic carbocycles. The number of hydrogen-bond acceptors (Lipinski definition) is 3. The first-order chi connectivity index (χ1) is 6.61. The van der Waals surface area contributed by atoms with E-state index in [1.807, 2.05) is 0 Å². The normalized spacial score (nSPS) is 9.29. The Hall–Kier alpha value is -1.89. The molecule has 72 valence electrons. The molecular weight excluding hydrogens is 185 g/mol. The molecule has 1 rings (SSSR count). The molecule has 0 atom stereocenters. The van der Waals surface area contributed by atoms with Gasteiger partial charge in [0, 0.05) is 0 Å². The molecule has 0 saturated heterocycles. The van der Waals surface area contributed by atoms with Crippen molar-refractivity contribution in [1.29, 1.82) is 5.26 Å². The van der Waals surface area contributed by atoms with Gasteiger partial charge in [-0.2, -0.15) is 5.26 Å². The van der Waals surface area contributed by atoms with Gasteiger partial charge in [-0.15, -0.1) is 0 Å². The predicted molar refractivity (Wildman–Crippen MR) is 47.7 cm³/mol. The zero-order chi connectivity index (χ0) is 10.7. The lowest BCUT2D eigenvalue weighted by atomic mass is 10.0. The second-order valence-corrected chi connectivity index (χ2v) is 2.67. The lowest BCUT2D eigenvalue weighted by Gasteiger charge is -2.06. The van der Waals surface area contributed by atoms with E-state index in [2.05, 4.69) is 0 Å². The van der Waals surface area contributed by atoms with Crippen LogP contribution in [0.3, 0.4) is 0 Å². The van der Waals surface area contributed by atoms with Gasteiger partial charge in [0.15, 0.2) is 17.3 Å². The summed E-state index contributed by atoms with van der Waals surface area (Å²) in [5, 5.41) is 8.65. The molecular formula is C10H8FNO2. The number of nitrogens with zero attached hydrogens (tertiary/aromatic N) is 1. The van der Waals surface area contributed by atoms with Gasteiger partial charge in [-0.3, -0.25) is 4.79 Å². The van der Waals surface area contributed by atoms with Crippen molar-refractivity contribution in [1.82, 2.24) is 0 Å². The number of Topliss-reactive ketones (excluding diaryl/α,β-unsaturated/α-hetero) is 1. The third kappa shape index (κ3) is 1.57. The van der Waals surface area contributed by atoms with Gasteiger partial charge in [-0.05, 0) is 19.1 Å². The first kappa shape index (κ1) is 10.2. The van der Waals surface area contributed by atoms with Gasteiger partial charge >= 0.3 is 0 Å². The minimum Gasteiger partial charge on any atom is -0.494 e. The third-order valence-electron chi connectivity index (χ3n) is 1.80. The fourth-order valence-corrected chi connectivity index (χ4v) is 1.15. The molecule has 0 aliphatic heterocycles. The number of halogens is 1. The van der Waals surface area contributed by atoms with E-state index in [0.717, 1.165) is 0 Å². The topological polar surface area (TPSA) is 50.1 Å². The average molecular weight is 193 g/mol. The number of nitriles is 1. The van der Waals surface area contributed by atoms with Gasteiger partial charge in [-0.25, -0.2) is 4.39 Å². The van der Waals surface area contributed by atoms with Crippen molar-refractivity contribution in [3.8, 4) is 11.8 Å².